The lowest BCUT2D eigenvalue weighted by Crippen LogP contribution is -2.14. The summed E-state index contributed by atoms with van der Waals surface area (Å²) in [6.07, 6.45) is 4.24. The van der Waals surface area contributed by atoms with Gasteiger partial charge in [-0.05, 0) is 31.7 Å². The number of carbonyl (C=O) groups is 1. The second-order valence-corrected chi connectivity index (χ2v) is 4.57. The van der Waals surface area contributed by atoms with E-state index in [0.29, 0.717) is 45.3 Å². The summed E-state index contributed by atoms with van der Waals surface area (Å²) in [7, 11) is 1.66. The van der Waals surface area contributed by atoms with E-state index in [0.717, 1.165) is 25.7 Å². The molecule has 0 aromatic rings. The van der Waals surface area contributed by atoms with Crippen molar-refractivity contribution in [2.75, 3.05) is 40.1 Å². The van der Waals surface area contributed by atoms with E-state index in [1.165, 1.54) is 0 Å². The van der Waals surface area contributed by atoms with E-state index in [9.17, 15) is 4.79 Å². The molecule has 19 heavy (non-hydrogen) atoms. The number of methoxy groups -OCH3 is 1. The van der Waals surface area contributed by atoms with Crippen molar-refractivity contribution < 1.29 is 19.0 Å². The highest BCUT2D eigenvalue weighted by atomic mass is 16.6. The van der Waals surface area contributed by atoms with E-state index < -0.39 is 0 Å². The van der Waals surface area contributed by atoms with Crippen LogP contribution >= 0.6 is 0 Å². The summed E-state index contributed by atoms with van der Waals surface area (Å²) in [6, 6.07) is 0. The van der Waals surface area contributed by atoms with Gasteiger partial charge in [-0.3, -0.25) is 4.79 Å². The van der Waals surface area contributed by atoms with Gasteiger partial charge in [0.05, 0.1) is 6.61 Å². The molecule has 0 saturated heterocycles. The summed E-state index contributed by atoms with van der Waals surface area (Å²) in [4.78, 5) is 11.5. The lowest BCUT2D eigenvalue weighted by atomic mass is 9.97. The highest BCUT2D eigenvalue weighted by molar-refractivity contribution is 5.69. The van der Waals surface area contributed by atoms with Crippen LogP contribution in [0.15, 0.2) is 0 Å². The zero-order chi connectivity index (χ0) is 14.3. The standard InChI is InChI=1S/C14H29NO4/c1-3-13(7-8-15)5-6-14(16)19-12-11-18-10-4-9-17-2/h13H,3-12,15H2,1-2H3. The molecule has 1 unspecified atom stereocenters. The number of nitrogens with two attached hydrogens (primary N) is 1. The quantitative estimate of drug-likeness (QED) is 0.409. The predicted octanol–water partition coefficient (Wildman–Crippen LogP) is 1.74. The molecule has 0 saturated carbocycles. The fourth-order valence-corrected chi connectivity index (χ4v) is 1.80. The Morgan fingerprint density at radius 1 is 1.16 bits per heavy atom. The van der Waals surface area contributed by atoms with Crippen LogP contribution in [0, 0.1) is 5.92 Å². The third-order valence-corrected chi connectivity index (χ3v) is 3.04. The van der Waals surface area contributed by atoms with Gasteiger partial charge in [-0.25, -0.2) is 0 Å². The zero-order valence-electron chi connectivity index (χ0n) is 12.4. The van der Waals surface area contributed by atoms with Crippen LogP contribution in [0.5, 0.6) is 0 Å². The average Bonchev–Trinajstić information content (AvgIpc) is 2.42. The maximum atomic E-state index is 11.5. The third-order valence-electron chi connectivity index (χ3n) is 3.04. The number of rotatable bonds is 13. The van der Waals surface area contributed by atoms with E-state index in [1.807, 2.05) is 0 Å². The summed E-state index contributed by atoms with van der Waals surface area (Å²) in [5, 5.41) is 0. The van der Waals surface area contributed by atoms with Crippen molar-refractivity contribution in [1.29, 1.82) is 0 Å². The van der Waals surface area contributed by atoms with Crippen molar-refractivity contribution in [3.63, 3.8) is 0 Å². The summed E-state index contributed by atoms with van der Waals surface area (Å²) in [5.41, 5.74) is 5.52. The van der Waals surface area contributed by atoms with E-state index >= 15 is 0 Å². The highest BCUT2D eigenvalue weighted by Crippen LogP contribution is 2.14. The number of carbonyl (C=O) groups excluding carboxylic acids is 1. The van der Waals surface area contributed by atoms with Gasteiger partial charge in [-0.1, -0.05) is 13.3 Å². The van der Waals surface area contributed by atoms with Crippen molar-refractivity contribution in [2.45, 2.75) is 39.0 Å². The molecule has 0 rings (SSSR count). The minimum atomic E-state index is -0.143. The first-order valence-corrected chi connectivity index (χ1v) is 7.16. The van der Waals surface area contributed by atoms with Gasteiger partial charge in [0, 0.05) is 26.7 Å². The highest BCUT2D eigenvalue weighted by Gasteiger charge is 2.09. The van der Waals surface area contributed by atoms with E-state index in [-0.39, 0.29) is 5.97 Å². The van der Waals surface area contributed by atoms with E-state index in [1.54, 1.807) is 7.11 Å². The molecule has 0 bridgehead atoms. The van der Waals surface area contributed by atoms with E-state index in [2.05, 4.69) is 6.92 Å². The Balaban J connectivity index is 3.38. The Morgan fingerprint density at radius 3 is 2.58 bits per heavy atom. The smallest absolute Gasteiger partial charge is 0.305 e. The summed E-state index contributed by atoms with van der Waals surface area (Å²) < 4.78 is 15.3. The minimum absolute atomic E-state index is 0.143. The second kappa shape index (κ2) is 13.8. The number of hydrogen-bond donors (Lipinski definition) is 1. The molecule has 0 aliphatic rings. The third kappa shape index (κ3) is 12.1. The van der Waals surface area contributed by atoms with Gasteiger partial charge in [-0.15, -0.1) is 0 Å². The average molecular weight is 275 g/mol. The minimum Gasteiger partial charge on any atom is -0.463 e. The molecule has 5 heteroatoms. The summed E-state index contributed by atoms with van der Waals surface area (Å²) >= 11 is 0. The van der Waals surface area contributed by atoms with Crippen molar-refractivity contribution in [2.24, 2.45) is 11.7 Å². The number of hydrogen-bond acceptors (Lipinski definition) is 5. The van der Waals surface area contributed by atoms with Crippen molar-refractivity contribution >= 4 is 5.97 Å². The Bertz CT molecular complexity index is 212. The fraction of sp³-hybridized carbons (Fsp3) is 0.929. The largest absolute Gasteiger partial charge is 0.463 e. The van der Waals surface area contributed by atoms with E-state index in [4.69, 9.17) is 19.9 Å². The van der Waals surface area contributed by atoms with Gasteiger partial charge < -0.3 is 19.9 Å². The van der Waals surface area contributed by atoms with Crippen LogP contribution in [0.4, 0.5) is 0 Å². The monoisotopic (exact) mass is 275 g/mol. The van der Waals surface area contributed by atoms with Crippen LogP contribution in [0.2, 0.25) is 0 Å². The van der Waals surface area contributed by atoms with Crippen LogP contribution < -0.4 is 5.73 Å². The first kappa shape index (κ1) is 18.4. The molecule has 0 aliphatic carbocycles. The topological polar surface area (TPSA) is 70.8 Å². The van der Waals surface area contributed by atoms with Crippen LogP contribution in [0.25, 0.3) is 0 Å². The lowest BCUT2D eigenvalue weighted by molar-refractivity contribution is -0.145. The molecular formula is C14H29NO4. The Kier molecular flexibility index (Phi) is 13.3. The van der Waals surface area contributed by atoms with Gasteiger partial charge in [0.15, 0.2) is 0 Å². The molecule has 0 aliphatic heterocycles. The van der Waals surface area contributed by atoms with Gasteiger partial charge in [0.1, 0.15) is 6.61 Å². The molecule has 0 fully saturated rings. The number of ether oxygens (including phenoxy) is 3. The molecule has 2 N–H and O–H groups in total. The molecule has 0 spiro atoms. The van der Waals surface area contributed by atoms with Gasteiger partial charge in [0.2, 0.25) is 0 Å². The van der Waals surface area contributed by atoms with Crippen LogP contribution in [-0.2, 0) is 19.0 Å². The predicted molar refractivity (Wildman–Crippen MR) is 75.0 cm³/mol. The van der Waals surface area contributed by atoms with Crippen molar-refractivity contribution in [3.8, 4) is 0 Å². The van der Waals surface area contributed by atoms with Gasteiger partial charge in [-0.2, -0.15) is 0 Å². The molecule has 1 atom stereocenters. The summed E-state index contributed by atoms with van der Waals surface area (Å²) in [6.45, 7) is 4.93. The lowest BCUT2D eigenvalue weighted by Gasteiger charge is -2.12. The first-order chi connectivity index (χ1) is 9.24. The molecule has 0 aromatic heterocycles. The molecule has 0 amide bonds. The SMILES string of the molecule is CCC(CCN)CCC(=O)OCCOCCCOC. The zero-order valence-corrected chi connectivity index (χ0v) is 12.4. The maximum absolute atomic E-state index is 11.5. The molecular weight excluding hydrogens is 246 g/mol. The Labute approximate surface area is 116 Å². The molecule has 0 heterocycles. The first-order valence-electron chi connectivity index (χ1n) is 7.16. The molecule has 5 nitrogen and oxygen atoms in total. The second-order valence-electron chi connectivity index (χ2n) is 4.57. The van der Waals surface area contributed by atoms with Crippen molar-refractivity contribution in [3.05, 3.63) is 0 Å². The van der Waals surface area contributed by atoms with Gasteiger partial charge in [0.25, 0.3) is 0 Å². The molecule has 114 valence electrons. The summed E-state index contributed by atoms with van der Waals surface area (Å²) in [5.74, 6) is 0.388. The van der Waals surface area contributed by atoms with Crippen molar-refractivity contribution in [1.82, 2.24) is 0 Å². The van der Waals surface area contributed by atoms with Gasteiger partial charge >= 0.3 is 5.97 Å². The normalized spacial score (nSPS) is 12.4. The van der Waals surface area contributed by atoms with Crippen LogP contribution in [0.3, 0.4) is 0 Å². The number of esters is 1. The van der Waals surface area contributed by atoms with Crippen LogP contribution in [0.1, 0.15) is 39.0 Å². The molecule has 0 radical (unpaired) electrons. The molecule has 0 aromatic carbocycles. The van der Waals surface area contributed by atoms with Crippen LogP contribution in [-0.4, -0.2) is 46.1 Å². The fourth-order valence-electron chi connectivity index (χ4n) is 1.80. The Hall–Kier alpha value is -0.650. The maximum Gasteiger partial charge on any atom is 0.305 e. The Morgan fingerprint density at radius 2 is 1.95 bits per heavy atom.